The maximum atomic E-state index is 13.6. The van der Waals surface area contributed by atoms with Gasteiger partial charge in [0.25, 0.3) is 11.5 Å². The van der Waals surface area contributed by atoms with Gasteiger partial charge in [-0.25, -0.2) is 0 Å². The van der Waals surface area contributed by atoms with Crippen molar-refractivity contribution in [2.45, 2.75) is 38.1 Å². The molecule has 0 atom stereocenters. The highest BCUT2D eigenvalue weighted by atomic mass is 35.5. The van der Waals surface area contributed by atoms with Gasteiger partial charge in [-0.1, -0.05) is 49.1 Å². The Morgan fingerprint density at radius 3 is 2.64 bits per heavy atom. The smallest absolute Gasteiger partial charge is 0.296 e. The summed E-state index contributed by atoms with van der Waals surface area (Å²) >= 11 is 6.32. The largest absolute Gasteiger partial charge is 0.495 e. The zero-order chi connectivity index (χ0) is 23.1. The molecule has 7 nitrogen and oxygen atoms in total. The molecule has 2 aromatic heterocycles. The fourth-order valence-electron chi connectivity index (χ4n) is 4.80. The number of ether oxygens (including phenoxy) is 1. The average molecular weight is 465 g/mol. The summed E-state index contributed by atoms with van der Waals surface area (Å²) in [6.07, 6.45) is 5.31. The predicted molar refractivity (Wildman–Crippen MR) is 130 cm³/mol. The maximum Gasteiger partial charge on any atom is 0.296 e. The molecule has 0 unspecified atom stereocenters. The number of halogens is 1. The summed E-state index contributed by atoms with van der Waals surface area (Å²) in [5.74, 6) is 0.228. The van der Waals surface area contributed by atoms with Gasteiger partial charge in [-0.2, -0.15) is 9.78 Å². The van der Waals surface area contributed by atoms with Crippen LogP contribution in [0.1, 0.15) is 42.6 Å². The third-order valence-corrected chi connectivity index (χ3v) is 6.77. The third kappa shape index (κ3) is 3.66. The molecule has 0 bridgehead atoms. The van der Waals surface area contributed by atoms with Gasteiger partial charge in [-0.3, -0.25) is 9.59 Å². The summed E-state index contributed by atoms with van der Waals surface area (Å²) in [6, 6.07) is 12.8. The Kier molecular flexibility index (Phi) is 5.58. The van der Waals surface area contributed by atoms with Gasteiger partial charge >= 0.3 is 0 Å². The Bertz CT molecular complexity index is 1430. The first kappa shape index (κ1) is 21.5. The van der Waals surface area contributed by atoms with Crippen molar-refractivity contribution in [2.24, 2.45) is 7.05 Å². The molecule has 1 N–H and O–H groups in total. The highest BCUT2D eigenvalue weighted by Gasteiger charge is 2.25. The van der Waals surface area contributed by atoms with Crippen LogP contribution >= 0.6 is 11.6 Å². The van der Waals surface area contributed by atoms with E-state index in [-0.39, 0.29) is 23.2 Å². The van der Waals surface area contributed by atoms with E-state index in [0.717, 1.165) is 36.6 Å². The van der Waals surface area contributed by atoms with Gasteiger partial charge in [0.2, 0.25) is 0 Å². The number of hydrogen-bond acceptors (Lipinski definition) is 4. The van der Waals surface area contributed by atoms with Gasteiger partial charge in [-0.15, -0.1) is 0 Å². The highest BCUT2D eigenvalue weighted by molar-refractivity contribution is 6.32. The molecule has 2 heterocycles. The molecule has 1 fully saturated rings. The van der Waals surface area contributed by atoms with Crippen molar-refractivity contribution in [3.63, 3.8) is 0 Å². The average Bonchev–Trinajstić information content (AvgIpc) is 3.13. The molecular formula is C25H25ClN4O3. The first-order valence-corrected chi connectivity index (χ1v) is 11.5. The SMILES string of the molecule is COc1ccc(-n2nc(C(=O)NC3CCCCC3)c3c4ccccc4n(C)c3c2=O)cc1Cl. The van der Waals surface area contributed by atoms with E-state index in [1.54, 1.807) is 18.2 Å². The molecule has 0 aliphatic heterocycles. The maximum absolute atomic E-state index is 13.6. The lowest BCUT2D eigenvalue weighted by atomic mass is 9.95. The molecule has 170 valence electrons. The number of amides is 1. The number of benzene rings is 2. The number of methoxy groups -OCH3 is 1. The van der Waals surface area contributed by atoms with Gasteiger partial charge < -0.3 is 14.6 Å². The number of para-hydroxylation sites is 1. The molecule has 4 aromatic rings. The van der Waals surface area contributed by atoms with Gasteiger partial charge in [0.15, 0.2) is 5.69 Å². The summed E-state index contributed by atoms with van der Waals surface area (Å²) in [6.45, 7) is 0. The summed E-state index contributed by atoms with van der Waals surface area (Å²) in [7, 11) is 3.36. The minimum Gasteiger partial charge on any atom is -0.495 e. The zero-order valence-electron chi connectivity index (χ0n) is 18.6. The second-order valence-electron chi connectivity index (χ2n) is 8.49. The number of fused-ring (bicyclic) bond motifs is 3. The number of hydrogen-bond donors (Lipinski definition) is 1. The Balaban J connectivity index is 1.75. The molecular weight excluding hydrogens is 440 g/mol. The van der Waals surface area contributed by atoms with E-state index in [4.69, 9.17) is 16.3 Å². The van der Waals surface area contributed by atoms with Crippen LogP contribution in [0.25, 0.3) is 27.5 Å². The van der Waals surface area contributed by atoms with Gasteiger partial charge in [0, 0.05) is 29.4 Å². The number of carbonyl (C=O) groups is 1. The normalized spacial score (nSPS) is 14.6. The van der Waals surface area contributed by atoms with Crippen LogP contribution < -0.4 is 15.6 Å². The highest BCUT2D eigenvalue weighted by Crippen LogP contribution is 2.30. The fraction of sp³-hybridized carbons (Fsp3) is 0.320. The number of aryl methyl sites for hydroxylation is 1. The van der Waals surface area contributed by atoms with Crippen LogP contribution in [-0.4, -0.2) is 33.4 Å². The first-order valence-electron chi connectivity index (χ1n) is 11.1. The molecule has 0 saturated heterocycles. The van der Waals surface area contributed by atoms with E-state index >= 15 is 0 Å². The Labute approximate surface area is 195 Å². The zero-order valence-corrected chi connectivity index (χ0v) is 19.4. The minimum atomic E-state index is -0.320. The van der Waals surface area contributed by atoms with Crippen LogP contribution in [0, 0.1) is 0 Å². The summed E-state index contributed by atoms with van der Waals surface area (Å²) in [4.78, 5) is 27.1. The monoisotopic (exact) mass is 464 g/mol. The van der Waals surface area contributed by atoms with Crippen LogP contribution in [0.5, 0.6) is 5.75 Å². The van der Waals surface area contributed by atoms with Crippen molar-refractivity contribution >= 4 is 39.3 Å². The standard InChI is InChI=1S/C25H25ClN4O3/c1-29-19-11-7-6-10-17(19)21-22(24(31)27-15-8-4-3-5-9-15)28-30(25(32)23(21)29)16-12-13-20(33-2)18(26)14-16/h6-7,10-15H,3-5,8-9H2,1-2H3,(H,27,31). The first-order chi connectivity index (χ1) is 16.0. The van der Waals surface area contributed by atoms with Crippen LogP contribution in [0.4, 0.5) is 0 Å². The number of rotatable bonds is 4. The van der Waals surface area contributed by atoms with Crippen LogP contribution in [0.15, 0.2) is 47.3 Å². The molecule has 1 amide bonds. The molecule has 1 saturated carbocycles. The van der Waals surface area contributed by atoms with E-state index in [9.17, 15) is 9.59 Å². The van der Waals surface area contributed by atoms with Crippen molar-refractivity contribution in [3.8, 4) is 11.4 Å². The third-order valence-electron chi connectivity index (χ3n) is 6.47. The number of aromatic nitrogens is 3. The summed E-state index contributed by atoms with van der Waals surface area (Å²) in [5, 5.41) is 9.49. The van der Waals surface area contributed by atoms with Crippen molar-refractivity contribution in [1.82, 2.24) is 19.7 Å². The minimum absolute atomic E-state index is 0.119. The molecule has 0 spiro atoms. The lowest BCUT2D eigenvalue weighted by Gasteiger charge is -2.22. The van der Waals surface area contributed by atoms with E-state index in [1.165, 1.54) is 18.2 Å². The quantitative estimate of drug-likeness (QED) is 0.478. The number of nitrogens with one attached hydrogen (secondary N) is 1. The lowest BCUT2D eigenvalue weighted by Crippen LogP contribution is -2.38. The molecule has 8 heteroatoms. The topological polar surface area (TPSA) is 78.2 Å². The van der Waals surface area contributed by atoms with Crippen molar-refractivity contribution in [3.05, 3.63) is 63.5 Å². The molecule has 2 aromatic carbocycles. The summed E-state index contributed by atoms with van der Waals surface area (Å²) < 4.78 is 8.31. The van der Waals surface area contributed by atoms with E-state index in [1.807, 2.05) is 35.9 Å². The van der Waals surface area contributed by atoms with Crippen LogP contribution in [0.3, 0.4) is 0 Å². The Morgan fingerprint density at radius 2 is 1.91 bits per heavy atom. The van der Waals surface area contributed by atoms with Crippen LogP contribution in [-0.2, 0) is 7.05 Å². The number of nitrogens with zero attached hydrogens (tertiary/aromatic N) is 3. The van der Waals surface area contributed by atoms with Crippen LogP contribution in [0.2, 0.25) is 5.02 Å². The molecule has 33 heavy (non-hydrogen) atoms. The second-order valence-corrected chi connectivity index (χ2v) is 8.90. The van der Waals surface area contributed by atoms with Gasteiger partial charge in [0.05, 0.1) is 17.8 Å². The lowest BCUT2D eigenvalue weighted by molar-refractivity contribution is 0.0923. The van der Waals surface area contributed by atoms with Gasteiger partial charge in [-0.05, 0) is 37.1 Å². The second kappa shape index (κ2) is 8.56. The fourth-order valence-corrected chi connectivity index (χ4v) is 5.05. The summed E-state index contributed by atoms with van der Waals surface area (Å²) in [5.41, 5.74) is 1.67. The van der Waals surface area contributed by atoms with E-state index in [2.05, 4.69) is 10.4 Å². The molecule has 1 aliphatic rings. The van der Waals surface area contributed by atoms with Crippen molar-refractivity contribution in [1.29, 1.82) is 0 Å². The Hall–Kier alpha value is -3.32. The van der Waals surface area contributed by atoms with Crippen molar-refractivity contribution in [2.75, 3.05) is 7.11 Å². The number of carbonyl (C=O) groups excluding carboxylic acids is 1. The predicted octanol–water partition coefficient (Wildman–Crippen LogP) is 4.60. The molecule has 5 rings (SSSR count). The van der Waals surface area contributed by atoms with E-state index in [0.29, 0.717) is 27.4 Å². The van der Waals surface area contributed by atoms with Crippen molar-refractivity contribution < 1.29 is 9.53 Å². The Morgan fingerprint density at radius 1 is 1.15 bits per heavy atom. The molecule has 0 radical (unpaired) electrons. The van der Waals surface area contributed by atoms with Gasteiger partial charge in [0.1, 0.15) is 11.3 Å². The molecule has 1 aliphatic carbocycles. The van der Waals surface area contributed by atoms with E-state index < -0.39 is 0 Å².